The van der Waals surface area contributed by atoms with Crippen molar-refractivity contribution >= 4 is 27.3 Å². The summed E-state index contributed by atoms with van der Waals surface area (Å²) in [7, 11) is 1.75. The highest BCUT2D eigenvalue weighted by atomic mass is 79.9. The van der Waals surface area contributed by atoms with Crippen LogP contribution in [0.4, 0.5) is 11.4 Å². The van der Waals surface area contributed by atoms with Crippen molar-refractivity contribution in [2.75, 3.05) is 24.4 Å². The summed E-state index contributed by atoms with van der Waals surface area (Å²) in [4.78, 5) is 0. The molecule has 152 valence electrons. The van der Waals surface area contributed by atoms with Gasteiger partial charge in [-0.2, -0.15) is 0 Å². The Kier molecular flexibility index (Phi) is 7.73. The van der Waals surface area contributed by atoms with Crippen LogP contribution in [0.15, 0.2) is 71.2 Å². The van der Waals surface area contributed by atoms with Crippen molar-refractivity contribution in [1.82, 2.24) is 0 Å². The monoisotopic (exact) mass is 452 g/mol. The third-order valence-electron chi connectivity index (χ3n) is 4.92. The number of hydrogen-bond acceptors (Lipinski definition) is 3. The van der Waals surface area contributed by atoms with E-state index in [0.29, 0.717) is 6.61 Å². The molecule has 29 heavy (non-hydrogen) atoms. The molecule has 0 saturated heterocycles. The molecule has 1 atom stereocenters. The van der Waals surface area contributed by atoms with E-state index in [2.05, 4.69) is 107 Å². The second kappa shape index (κ2) is 10.5. The summed E-state index contributed by atoms with van der Waals surface area (Å²) >= 11 is 3.60. The molecule has 0 fully saturated rings. The van der Waals surface area contributed by atoms with Crippen molar-refractivity contribution in [3.05, 3.63) is 93.5 Å². The Morgan fingerprint density at radius 2 is 1.45 bits per heavy atom. The summed E-state index contributed by atoms with van der Waals surface area (Å²) in [5.74, 6) is 0. The van der Waals surface area contributed by atoms with Crippen LogP contribution in [-0.4, -0.2) is 19.8 Å². The number of anilines is 2. The van der Waals surface area contributed by atoms with Crippen LogP contribution in [0.2, 0.25) is 0 Å². The molecule has 3 aromatic rings. The second-order valence-electron chi connectivity index (χ2n) is 7.52. The van der Waals surface area contributed by atoms with Gasteiger partial charge in [0.05, 0.1) is 24.0 Å². The standard InChI is InChI=1S/C25H29BrN2O/c1-18-4-8-20(9-5-18)14-23(17-29-3)28-25-15-22(26)12-13-24(25)27-16-21-10-6-19(2)7-11-21/h4-13,15,23,27-28H,14,16-17H2,1-3H3/t23-/m0/s1. The highest BCUT2D eigenvalue weighted by Crippen LogP contribution is 2.28. The maximum Gasteiger partial charge on any atom is 0.0667 e. The molecule has 0 aliphatic carbocycles. The van der Waals surface area contributed by atoms with Gasteiger partial charge < -0.3 is 15.4 Å². The van der Waals surface area contributed by atoms with E-state index < -0.39 is 0 Å². The van der Waals surface area contributed by atoms with Gasteiger partial charge in [0, 0.05) is 18.1 Å². The second-order valence-corrected chi connectivity index (χ2v) is 8.43. The van der Waals surface area contributed by atoms with Crippen LogP contribution in [0.25, 0.3) is 0 Å². The Morgan fingerprint density at radius 1 is 0.828 bits per heavy atom. The van der Waals surface area contributed by atoms with E-state index in [4.69, 9.17) is 4.74 Å². The molecular weight excluding hydrogens is 424 g/mol. The Hall–Kier alpha value is -2.30. The van der Waals surface area contributed by atoms with Gasteiger partial charge in [-0.05, 0) is 49.6 Å². The topological polar surface area (TPSA) is 33.3 Å². The first-order valence-corrected chi connectivity index (χ1v) is 10.7. The van der Waals surface area contributed by atoms with Gasteiger partial charge in [-0.1, -0.05) is 75.6 Å². The van der Waals surface area contributed by atoms with Gasteiger partial charge in [-0.25, -0.2) is 0 Å². The predicted octanol–water partition coefficient (Wildman–Crippen LogP) is 6.35. The summed E-state index contributed by atoms with van der Waals surface area (Å²) in [6, 6.07) is 23.8. The minimum atomic E-state index is 0.178. The predicted molar refractivity (Wildman–Crippen MR) is 127 cm³/mol. The van der Waals surface area contributed by atoms with Crippen molar-refractivity contribution in [2.45, 2.75) is 32.9 Å². The molecule has 0 aliphatic rings. The third kappa shape index (κ3) is 6.62. The minimum absolute atomic E-state index is 0.178. The number of aryl methyl sites for hydroxylation is 2. The van der Waals surface area contributed by atoms with Crippen LogP contribution in [0, 0.1) is 13.8 Å². The average Bonchev–Trinajstić information content (AvgIpc) is 2.70. The number of methoxy groups -OCH3 is 1. The van der Waals surface area contributed by atoms with E-state index in [-0.39, 0.29) is 6.04 Å². The number of benzene rings is 3. The Morgan fingerprint density at radius 3 is 2.07 bits per heavy atom. The van der Waals surface area contributed by atoms with Crippen molar-refractivity contribution in [3.8, 4) is 0 Å². The first-order chi connectivity index (χ1) is 14.0. The molecule has 0 aromatic heterocycles. The smallest absolute Gasteiger partial charge is 0.0667 e. The van der Waals surface area contributed by atoms with E-state index >= 15 is 0 Å². The molecule has 3 aromatic carbocycles. The van der Waals surface area contributed by atoms with Crippen LogP contribution in [-0.2, 0) is 17.7 Å². The minimum Gasteiger partial charge on any atom is -0.383 e. The Balaban J connectivity index is 1.73. The van der Waals surface area contributed by atoms with Crippen molar-refractivity contribution in [2.24, 2.45) is 0 Å². The summed E-state index contributed by atoms with van der Waals surface area (Å²) in [5, 5.41) is 7.25. The molecule has 0 unspecified atom stereocenters. The lowest BCUT2D eigenvalue weighted by atomic mass is 10.0. The zero-order chi connectivity index (χ0) is 20.6. The molecular formula is C25H29BrN2O. The SMILES string of the molecule is COC[C@H](Cc1ccc(C)cc1)Nc1cc(Br)ccc1NCc1ccc(C)cc1. The Bertz CT molecular complexity index is 907. The first-order valence-electron chi connectivity index (χ1n) is 9.93. The Labute approximate surface area is 182 Å². The zero-order valence-electron chi connectivity index (χ0n) is 17.3. The molecule has 0 amide bonds. The van der Waals surface area contributed by atoms with Crippen LogP contribution >= 0.6 is 15.9 Å². The molecule has 0 spiro atoms. The van der Waals surface area contributed by atoms with Crippen molar-refractivity contribution < 1.29 is 4.74 Å². The largest absolute Gasteiger partial charge is 0.383 e. The summed E-state index contributed by atoms with van der Waals surface area (Å²) < 4.78 is 6.54. The molecule has 2 N–H and O–H groups in total. The van der Waals surface area contributed by atoms with Crippen LogP contribution in [0.5, 0.6) is 0 Å². The van der Waals surface area contributed by atoms with Gasteiger partial charge in [-0.15, -0.1) is 0 Å². The van der Waals surface area contributed by atoms with Gasteiger partial charge in [0.15, 0.2) is 0 Å². The van der Waals surface area contributed by atoms with E-state index in [0.717, 1.165) is 28.8 Å². The van der Waals surface area contributed by atoms with Gasteiger partial charge in [0.2, 0.25) is 0 Å². The lowest BCUT2D eigenvalue weighted by Gasteiger charge is -2.22. The average molecular weight is 453 g/mol. The van der Waals surface area contributed by atoms with Crippen molar-refractivity contribution in [1.29, 1.82) is 0 Å². The maximum atomic E-state index is 5.49. The number of ether oxygens (including phenoxy) is 1. The third-order valence-corrected chi connectivity index (χ3v) is 5.41. The van der Waals surface area contributed by atoms with E-state index in [1.54, 1.807) is 7.11 Å². The van der Waals surface area contributed by atoms with Crippen LogP contribution in [0.3, 0.4) is 0 Å². The molecule has 0 bridgehead atoms. The maximum absolute atomic E-state index is 5.49. The zero-order valence-corrected chi connectivity index (χ0v) is 18.9. The van der Waals surface area contributed by atoms with Crippen LogP contribution < -0.4 is 10.6 Å². The first kappa shape index (κ1) is 21.4. The van der Waals surface area contributed by atoms with Gasteiger partial charge in [0.25, 0.3) is 0 Å². The van der Waals surface area contributed by atoms with Gasteiger partial charge in [0.1, 0.15) is 0 Å². The fraction of sp³-hybridized carbons (Fsp3) is 0.280. The summed E-state index contributed by atoms with van der Waals surface area (Å²) in [6.07, 6.45) is 0.901. The summed E-state index contributed by atoms with van der Waals surface area (Å²) in [5.41, 5.74) is 7.27. The fourth-order valence-electron chi connectivity index (χ4n) is 3.27. The van der Waals surface area contributed by atoms with E-state index in [9.17, 15) is 0 Å². The number of hydrogen-bond donors (Lipinski definition) is 2. The quantitative estimate of drug-likeness (QED) is 0.396. The number of halogens is 1. The van der Waals surface area contributed by atoms with E-state index in [1.165, 1.54) is 22.3 Å². The molecule has 3 nitrogen and oxygen atoms in total. The highest BCUT2D eigenvalue weighted by Gasteiger charge is 2.13. The van der Waals surface area contributed by atoms with Crippen LogP contribution in [0.1, 0.15) is 22.3 Å². The normalized spacial score (nSPS) is 11.9. The molecule has 3 rings (SSSR count). The molecule has 0 heterocycles. The molecule has 0 radical (unpaired) electrons. The molecule has 4 heteroatoms. The number of rotatable bonds is 9. The molecule has 0 saturated carbocycles. The lowest BCUT2D eigenvalue weighted by molar-refractivity contribution is 0.185. The fourth-order valence-corrected chi connectivity index (χ4v) is 3.64. The van der Waals surface area contributed by atoms with Gasteiger partial charge >= 0.3 is 0 Å². The van der Waals surface area contributed by atoms with Crippen molar-refractivity contribution in [3.63, 3.8) is 0 Å². The highest BCUT2D eigenvalue weighted by molar-refractivity contribution is 9.10. The number of nitrogens with one attached hydrogen (secondary N) is 2. The molecule has 0 aliphatic heterocycles. The summed E-state index contributed by atoms with van der Waals surface area (Å²) in [6.45, 7) is 5.64. The van der Waals surface area contributed by atoms with E-state index in [1.807, 2.05) is 0 Å². The lowest BCUT2D eigenvalue weighted by Crippen LogP contribution is -2.28. The van der Waals surface area contributed by atoms with Gasteiger partial charge in [-0.3, -0.25) is 0 Å².